The van der Waals surface area contributed by atoms with Gasteiger partial charge in [-0.05, 0) is 18.2 Å². The van der Waals surface area contributed by atoms with Crippen LogP contribution < -0.4 is 9.47 Å². The normalized spacial score (nSPS) is 23.6. The van der Waals surface area contributed by atoms with Gasteiger partial charge in [-0.2, -0.15) is 4.68 Å². The molecule has 1 aliphatic heterocycles. The van der Waals surface area contributed by atoms with Gasteiger partial charge in [-0.25, -0.2) is 0 Å². The average Bonchev–Trinajstić information content (AvgIpc) is 3.39. The Morgan fingerprint density at radius 2 is 1.66 bits per heavy atom. The largest absolute Gasteiger partial charge is 0.493 e. The molecule has 1 aromatic carbocycles. The number of aliphatic hydroxyl groups is 1. The van der Waals surface area contributed by atoms with Crippen molar-refractivity contribution in [1.82, 2.24) is 15.0 Å². The highest BCUT2D eigenvalue weighted by molar-refractivity contribution is 5.76. The van der Waals surface area contributed by atoms with E-state index in [0.717, 1.165) is 32.4 Å². The van der Waals surface area contributed by atoms with E-state index < -0.39 is 60.8 Å². The van der Waals surface area contributed by atoms with Gasteiger partial charge >= 0.3 is 29.8 Å². The number of ether oxygens (including phenoxy) is 7. The quantitative estimate of drug-likeness (QED) is 0.212. The van der Waals surface area contributed by atoms with Crippen LogP contribution in [0.4, 0.5) is 0 Å². The summed E-state index contributed by atoms with van der Waals surface area (Å²) in [5, 5.41) is 19.6. The maximum atomic E-state index is 12.1. The number of carbonyl (C=O) groups is 5. The second kappa shape index (κ2) is 13.2. The van der Waals surface area contributed by atoms with Gasteiger partial charge in [-0.15, -0.1) is 5.10 Å². The van der Waals surface area contributed by atoms with E-state index in [9.17, 15) is 29.1 Å². The van der Waals surface area contributed by atoms with Crippen LogP contribution in [0.1, 0.15) is 43.7 Å². The Bertz CT molecular complexity index is 1300. The number of nitrogens with zero attached hydrogens (tertiary/aromatic N) is 3. The van der Waals surface area contributed by atoms with Crippen LogP contribution in [0.5, 0.6) is 11.5 Å². The lowest BCUT2D eigenvalue weighted by Crippen LogP contribution is -2.69. The first-order valence-electron chi connectivity index (χ1n) is 12.1. The van der Waals surface area contributed by atoms with Crippen molar-refractivity contribution in [2.75, 3.05) is 13.7 Å². The van der Waals surface area contributed by atoms with Crippen LogP contribution in [0.2, 0.25) is 0 Å². The second-order valence-electron chi connectivity index (χ2n) is 8.75. The summed E-state index contributed by atoms with van der Waals surface area (Å²) >= 11 is 0. The first-order chi connectivity index (χ1) is 19.4. The lowest BCUT2D eigenvalue weighted by molar-refractivity contribution is -0.396. The van der Waals surface area contributed by atoms with Crippen LogP contribution in [-0.2, 0) is 55.4 Å². The lowest BCUT2D eigenvalue weighted by Gasteiger charge is -2.48. The summed E-state index contributed by atoms with van der Waals surface area (Å²) in [5.41, 5.74) is 0.401. The molecule has 222 valence electrons. The van der Waals surface area contributed by atoms with Gasteiger partial charge in [0.05, 0.1) is 13.3 Å². The fraction of sp³-hybridized carbons (Fsp3) is 0.480. The van der Waals surface area contributed by atoms with E-state index in [2.05, 4.69) is 10.3 Å². The fourth-order valence-electron chi connectivity index (χ4n) is 4.08. The molecule has 0 amide bonds. The van der Waals surface area contributed by atoms with E-state index >= 15 is 0 Å². The zero-order valence-electron chi connectivity index (χ0n) is 22.8. The van der Waals surface area contributed by atoms with Crippen molar-refractivity contribution in [2.24, 2.45) is 0 Å². The molecule has 0 saturated carbocycles. The minimum atomic E-state index is -2.76. The van der Waals surface area contributed by atoms with Gasteiger partial charge in [0.1, 0.15) is 31.3 Å². The van der Waals surface area contributed by atoms with Crippen LogP contribution >= 0.6 is 0 Å². The molecule has 0 aliphatic carbocycles. The maximum Gasteiger partial charge on any atom is 0.313 e. The third kappa shape index (κ3) is 7.34. The van der Waals surface area contributed by atoms with Gasteiger partial charge in [0.25, 0.3) is 0 Å². The molecule has 1 N–H and O–H groups in total. The molecule has 0 bridgehead atoms. The summed E-state index contributed by atoms with van der Waals surface area (Å²) in [6.45, 7) is 3.37. The molecule has 2 heterocycles. The molecular formula is C25H29N3O13. The molecule has 16 heteroatoms. The number of methoxy groups -OCH3 is 1. The number of carbonyl (C=O) groups excluding carboxylic acids is 5. The summed E-state index contributed by atoms with van der Waals surface area (Å²) in [5.74, 6) is -5.67. The van der Waals surface area contributed by atoms with E-state index in [1.165, 1.54) is 31.5 Å². The molecule has 1 saturated heterocycles. The number of aldehydes is 1. The minimum Gasteiger partial charge on any atom is -0.493 e. The van der Waals surface area contributed by atoms with Gasteiger partial charge in [-0.3, -0.25) is 24.0 Å². The van der Waals surface area contributed by atoms with Crippen molar-refractivity contribution >= 4 is 30.2 Å². The van der Waals surface area contributed by atoms with E-state index in [0.29, 0.717) is 11.8 Å². The third-order valence-corrected chi connectivity index (χ3v) is 5.65. The molecule has 3 rings (SSSR count). The molecule has 0 unspecified atom stereocenters. The van der Waals surface area contributed by atoms with Crippen LogP contribution in [0.15, 0.2) is 24.4 Å². The Hall–Kier alpha value is -4.57. The maximum absolute atomic E-state index is 12.1. The SMILES string of the molecule is COc1cc(C=O)ccc1OCc1cnnn1[C@@]1(O)O[C@H](COC(C)=O)[C@H](OC(C)=O)[C@H](OC(C)=O)[C@H]1OC(C)=O. The van der Waals surface area contributed by atoms with Gasteiger partial charge in [0.2, 0.25) is 6.10 Å². The fourth-order valence-corrected chi connectivity index (χ4v) is 4.08. The molecule has 0 radical (unpaired) electrons. The van der Waals surface area contributed by atoms with Crippen molar-refractivity contribution in [1.29, 1.82) is 0 Å². The highest BCUT2D eigenvalue weighted by atomic mass is 16.7. The summed E-state index contributed by atoms with van der Waals surface area (Å²) in [6, 6.07) is 4.43. The van der Waals surface area contributed by atoms with Crippen LogP contribution in [0, 0.1) is 0 Å². The smallest absolute Gasteiger partial charge is 0.313 e. The van der Waals surface area contributed by atoms with Crippen LogP contribution in [0.3, 0.4) is 0 Å². The number of aromatic nitrogens is 3. The summed E-state index contributed by atoms with van der Waals surface area (Å²) in [7, 11) is 1.38. The van der Waals surface area contributed by atoms with E-state index in [-0.39, 0.29) is 23.8 Å². The zero-order chi connectivity index (χ0) is 30.3. The lowest BCUT2D eigenvalue weighted by atomic mass is 9.95. The van der Waals surface area contributed by atoms with Crippen molar-refractivity contribution in [3.05, 3.63) is 35.7 Å². The standard InChI is InChI=1S/C25H29N3O13/c1-13(30)36-12-21-22(38-14(2)31)23(39-15(3)32)24(40-16(4)33)25(34,41-21)28-18(9-26-27-28)11-37-19-7-6-17(10-29)8-20(19)35-5/h6-10,21-24,34H,11-12H2,1-5H3/t21-,22+,23+,24-,25+/m1/s1. The minimum absolute atomic E-state index is 0.0601. The molecule has 16 nitrogen and oxygen atoms in total. The predicted molar refractivity (Wildman–Crippen MR) is 131 cm³/mol. The van der Waals surface area contributed by atoms with Gasteiger partial charge < -0.3 is 38.3 Å². The number of hydrogen-bond donors (Lipinski definition) is 1. The summed E-state index contributed by atoms with van der Waals surface area (Å²) < 4.78 is 38.7. The van der Waals surface area contributed by atoms with E-state index in [4.69, 9.17) is 33.2 Å². The van der Waals surface area contributed by atoms with Gasteiger partial charge in [0, 0.05) is 33.3 Å². The number of benzene rings is 1. The monoisotopic (exact) mass is 579 g/mol. The van der Waals surface area contributed by atoms with Crippen molar-refractivity contribution in [3.8, 4) is 11.5 Å². The molecule has 2 aromatic rings. The number of hydrogen-bond acceptors (Lipinski definition) is 15. The Kier molecular flexibility index (Phi) is 9.96. The summed E-state index contributed by atoms with van der Waals surface area (Å²) in [6.07, 6.45) is -4.64. The van der Waals surface area contributed by atoms with E-state index in [1.54, 1.807) is 0 Å². The molecule has 1 aliphatic rings. The molecule has 0 spiro atoms. The molecule has 1 aromatic heterocycles. The second-order valence-corrected chi connectivity index (χ2v) is 8.75. The van der Waals surface area contributed by atoms with Crippen LogP contribution in [-0.4, -0.2) is 88.4 Å². The summed E-state index contributed by atoms with van der Waals surface area (Å²) in [4.78, 5) is 58.8. The molecule has 41 heavy (non-hydrogen) atoms. The Balaban J connectivity index is 2.07. The van der Waals surface area contributed by atoms with Gasteiger partial charge in [0.15, 0.2) is 23.7 Å². The topological polar surface area (TPSA) is 201 Å². The Morgan fingerprint density at radius 1 is 1.00 bits per heavy atom. The highest BCUT2D eigenvalue weighted by Gasteiger charge is 2.62. The average molecular weight is 580 g/mol. The third-order valence-electron chi connectivity index (χ3n) is 5.65. The van der Waals surface area contributed by atoms with Crippen molar-refractivity contribution in [2.45, 2.75) is 64.6 Å². The molecular weight excluding hydrogens is 550 g/mol. The van der Waals surface area contributed by atoms with Gasteiger partial charge in [-0.1, -0.05) is 5.21 Å². The van der Waals surface area contributed by atoms with Crippen molar-refractivity contribution in [3.63, 3.8) is 0 Å². The Morgan fingerprint density at radius 3 is 2.24 bits per heavy atom. The first kappa shape index (κ1) is 31.0. The Labute approximate surface area is 233 Å². The predicted octanol–water partition coefficient (Wildman–Crippen LogP) is 0.0378. The molecule has 1 fully saturated rings. The number of esters is 4. The van der Waals surface area contributed by atoms with E-state index in [1.807, 2.05) is 0 Å². The van der Waals surface area contributed by atoms with Crippen molar-refractivity contribution < 1.29 is 62.2 Å². The highest BCUT2D eigenvalue weighted by Crippen LogP contribution is 2.38. The zero-order valence-corrected chi connectivity index (χ0v) is 22.8. The van der Waals surface area contributed by atoms with Crippen LogP contribution in [0.25, 0.3) is 0 Å². The first-order valence-corrected chi connectivity index (χ1v) is 12.1. The number of rotatable bonds is 11. The molecule has 5 atom stereocenters.